The van der Waals surface area contributed by atoms with Crippen LogP contribution in [0.15, 0.2) is 30.7 Å². The number of benzene rings is 1. The molecule has 1 aromatic carbocycles. The monoisotopic (exact) mass is 263 g/mol. The molecule has 0 atom stereocenters. The van der Waals surface area contributed by atoms with Crippen LogP contribution in [0.2, 0.25) is 5.02 Å². The molecule has 1 heterocycles. The molecule has 0 saturated carbocycles. The van der Waals surface area contributed by atoms with Crippen molar-refractivity contribution in [2.24, 2.45) is 0 Å². The first-order valence-corrected chi connectivity index (χ1v) is 5.52. The predicted octanol–water partition coefficient (Wildman–Crippen LogP) is 2.88. The average molecular weight is 264 g/mol. The van der Waals surface area contributed by atoms with E-state index >= 15 is 0 Å². The van der Waals surface area contributed by atoms with Crippen molar-refractivity contribution in [3.05, 3.63) is 46.9 Å². The summed E-state index contributed by atoms with van der Waals surface area (Å²) in [5.41, 5.74) is 1.63. The van der Waals surface area contributed by atoms with Crippen molar-refractivity contribution in [2.45, 2.75) is 6.92 Å². The van der Waals surface area contributed by atoms with Crippen molar-refractivity contribution in [2.75, 3.05) is 5.32 Å². The van der Waals surface area contributed by atoms with Gasteiger partial charge in [0.1, 0.15) is 17.7 Å². The first kappa shape index (κ1) is 12.3. The summed E-state index contributed by atoms with van der Waals surface area (Å²) in [5, 5.41) is 12.5. The fraction of sp³-hybridized carbons (Fsp3) is 0.0833. The summed E-state index contributed by atoms with van der Waals surface area (Å²) >= 11 is 5.99. The zero-order valence-corrected chi connectivity index (χ0v) is 10.3. The highest BCUT2D eigenvalue weighted by Crippen LogP contribution is 2.23. The molecule has 0 bridgehead atoms. The van der Waals surface area contributed by atoms with Gasteiger partial charge < -0.3 is 10.4 Å². The van der Waals surface area contributed by atoms with E-state index in [1.54, 1.807) is 12.1 Å². The lowest BCUT2D eigenvalue weighted by Gasteiger charge is -2.08. The molecule has 2 rings (SSSR count). The molecule has 0 unspecified atom stereocenters. The van der Waals surface area contributed by atoms with Crippen molar-refractivity contribution < 1.29 is 9.90 Å². The zero-order valence-electron chi connectivity index (χ0n) is 9.51. The number of carbonyl (C=O) groups is 1. The molecule has 0 aliphatic rings. The first-order valence-electron chi connectivity index (χ1n) is 5.14. The molecule has 0 aliphatic carbocycles. The maximum atomic E-state index is 11.0. The molecular weight excluding hydrogens is 254 g/mol. The Morgan fingerprint density at radius 2 is 2.22 bits per heavy atom. The number of rotatable bonds is 3. The van der Waals surface area contributed by atoms with E-state index in [-0.39, 0.29) is 11.4 Å². The largest absolute Gasteiger partial charge is 0.477 e. The SMILES string of the molecule is Cc1ccc(Nc2ncncc2C(=O)O)cc1Cl. The van der Waals surface area contributed by atoms with E-state index in [9.17, 15) is 4.79 Å². The van der Waals surface area contributed by atoms with Crippen molar-refractivity contribution >= 4 is 29.1 Å². The molecule has 0 fully saturated rings. The third-order valence-electron chi connectivity index (χ3n) is 2.38. The summed E-state index contributed by atoms with van der Waals surface area (Å²) in [5.74, 6) is -0.853. The molecule has 0 saturated heterocycles. The van der Waals surface area contributed by atoms with Gasteiger partial charge in [-0.05, 0) is 24.6 Å². The van der Waals surface area contributed by atoms with Crippen LogP contribution < -0.4 is 5.32 Å². The van der Waals surface area contributed by atoms with Crippen molar-refractivity contribution in [1.82, 2.24) is 9.97 Å². The van der Waals surface area contributed by atoms with Gasteiger partial charge in [0.05, 0.1) is 0 Å². The standard InChI is InChI=1S/C12H10ClN3O2/c1-7-2-3-8(4-10(7)13)16-11-9(12(17)18)5-14-6-15-11/h2-6H,1H3,(H,17,18)(H,14,15,16). The fourth-order valence-corrected chi connectivity index (χ4v) is 1.57. The number of aromatic carboxylic acids is 1. The summed E-state index contributed by atoms with van der Waals surface area (Å²) in [4.78, 5) is 18.6. The Labute approximate surface area is 108 Å². The molecule has 2 aromatic rings. The van der Waals surface area contributed by atoms with Crippen LogP contribution in [0.25, 0.3) is 0 Å². The summed E-state index contributed by atoms with van der Waals surface area (Å²) in [6.07, 6.45) is 2.53. The van der Waals surface area contributed by atoms with Gasteiger partial charge >= 0.3 is 5.97 Å². The van der Waals surface area contributed by atoms with Gasteiger partial charge in [0.25, 0.3) is 0 Å². The van der Waals surface area contributed by atoms with Crippen LogP contribution in [0.1, 0.15) is 15.9 Å². The minimum Gasteiger partial charge on any atom is -0.477 e. The highest BCUT2D eigenvalue weighted by molar-refractivity contribution is 6.31. The number of carboxylic acids is 1. The van der Waals surface area contributed by atoms with E-state index in [4.69, 9.17) is 16.7 Å². The lowest BCUT2D eigenvalue weighted by atomic mass is 10.2. The lowest BCUT2D eigenvalue weighted by molar-refractivity contribution is 0.0697. The second kappa shape index (κ2) is 5.01. The number of carboxylic acid groups (broad SMARTS) is 1. The fourth-order valence-electron chi connectivity index (χ4n) is 1.39. The first-order chi connectivity index (χ1) is 8.58. The minimum absolute atomic E-state index is 0.00852. The molecule has 5 nitrogen and oxygen atoms in total. The molecule has 0 spiro atoms. The van der Waals surface area contributed by atoms with E-state index < -0.39 is 5.97 Å². The predicted molar refractivity (Wildman–Crippen MR) is 68.5 cm³/mol. The molecule has 1 aromatic heterocycles. The summed E-state index contributed by atoms with van der Waals surface area (Å²) in [6, 6.07) is 5.35. The molecule has 0 aliphatic heterocycles. The van der Waals surface area contributed by atoms with Crippen molar-refractivity contribution in [3.63, 3.8) is 0 Å². The summed E-state index contributed by atoms with van der Waals surface area (Å²) < 4.78 is 0. The number of halogens is 1. The van der Waals surface area contributed by atoms with E-state index in [0.29, 0.717) is 10.7 Å². The van der Waals surface area contributed by atoms with Crippen molar-refractivity contribution in [1.29, 1.82) is 0 Å². The van der Waals surface area contributed by atoms with Gasteiger partial charge in [-0.3, -0.25) is 0 Å². The van der Waals surface area contributed by atoms with E-state index in [1.807, 2.05) is 13.0 Å². The van der Waals surface area contributed by atoms with E-state index in [0.717, 1.165) is 5.56 Å². The molecular formula is C12H10ClN3O2. The number of aryl methyl sites for hydroxylation is 1. The second-order valence-corrected chi connectivity index (χ2v) is 4.09. The molecule has 92 valence electrons. The van der Waals surface area contributed by atoms with Gasteiger partial charge in [0.2, 0.25) is 0 Å². The highest BCUT2D eigenvalue weighted by Gasteiger charge is 2.11. The van der Waals surface area contributed by atoms with E-state index in [2.05, 4.69) is 15.3 Å². The van der Waals surface area contributed by atoms with Crippen LogP contribution >= 0.6 is 11.6 Å². The topological polar surface area (TPSA) is 75.1 Å². The van der Waals surface area contributed by atoms with Crippen LogP contribution in [0.5, 0.6) is 0 Å². The van der Waals surface area contributed by atoms with Gasteiger partial charge in [-0.25, -0.2) is 14.8 Å². The summed E-state index contributed by atoms with van der Waals surface area (Å²) in [7, 11) is 0. The van der Waals surface area contributed by atoms with Gasteiger partial charge in [-0.2, -0.15) is 0 Å². The van der Waals surface area contributed by atoms with Crippen LogP contribution in [0.4, 0.5) is 11.5 Å². The average Bonchev–Trinajstić information content (AvgIpc) is 2.34. The lowest BCUT2D eigenvalue weighted by Crippen LogP contribution is -2.05. The smallest absolute Gasteiger partial charge is 0.341 e. The summed E-state index contributed by atoms with van der Waals surface area (Å²) in [6.45, 7) is 1.89. The van der Waals surface area contributed by atoms with Crippen LogP contribution in [0.3, 0.4) is 0 Å². The van der Waals surface area contributed by atoms with Crippen molar-refractivity contribution in [3.8, 4) is 0 Å². The van der Waals surface area contributed by atoms with Crippen LogP contribution in [-0.4, -0.2) is 21.0 Å². The Bertz CT molecular complexity index is 602. The van der Waals surface area contributed by atoms with Gasteiger partial charge in [0, 0.05) is 16.9 Å². The Morgan fingerprint density at radius 3 is 2.89 bits per heavy atom. The quantitative estimate of drug-likeness (QED) is 0.891. The van der Waals surface area contributed by atoms with Gasteiger partial charge in [-0.15, -0.1) is 0 Å². The maximum absolute atomic E-state index is 11.0. The third-order valence-corrected chi connectivity index (χ3v) is 2.78. The Hall–Kier alpha value is -2.14. The molecule has 6 heteroatoms. The number of anilines is 2. The normalized spacial score (nSPS) is 10.1. The van der Waals surface area contributed by atoms with Crippen LogP contribution in [-0.2, 0) is 0 Å². The molecule has 0 amide bonds. The molecule has 18 heavy (non-hydrogen) atoms. The van der Waals surface area contributed by atoms with Crippen LogP contribution in [0, 0.1) is 6.92 Å². The zero-order chi connectivity index (χ0) is 13.1. The van der Waals surface area contributed by atoms with Gasteiger partial charge in [0.15, 0.2) is 0 Å². The Balaban J connectivity index is 2.34. The Kier molecular flexibility index (Phi) is 3.43. The van der Waals surface area contributed by atoms with Gasteiger partial charge in [-0.1, -0.05) is 17.7 Å². The van der Waals surface area contributed by atoms with E-state index in [1.165, 1.54) is 12.5 Å². The number of nitrogens with one attached hydrogen (secondary N) is 1. The second-order valence-electron chi connectivity index (χ2n) is 3.68. The Morgan fingerprint density at radius 1 is 1.44 bits per heavy atom. The maximum Gasteiger partial charge on any atom is 0.341 e. The molecule has 2 N–H and O–H groups in total. The number of aromatic nitrogens is 2. The number of nitrogens with zero attached hydrogens (tertiary/aromatic N) is 2. The third kappa shape index (κ3) is 2.57. The number of hydrogen-bond acceptors (Lipinski definition) is 4. The minimum atomic E-state index is -1.09. The molecule has 0 radical (unpaired) electrons. The highest BCUT2D eigenvalue weighted by atomic mass is 35.5. The number of hydrogen-bond donors (Lipinski definition) is 2.